The number of nitrogens with zero attached hydrogens (tertiary/aromatic N) is 1. The lowest BCUT2D eigenvalue weighted by atomic mass is 10.1. The number of benzene rings is 2. The summed E-state index contributed by atoms with van der Waals surface area (Å²) in [5.41, 5.74) is 8.31. The summed E-state index contributed by atoms with van der Waals surface area (Å²) in [7, 11) is 0. The lowest BCUT2D eigenvalue weighted by Gasteiger charge is -2.23. The molecule has 0 aromatic heterocycles. The molecule has 0 bridgehead atoms. The van der Waals surface area contributed by atoms with Gasteiger partial charge in [0.1, 0.15) is 0 Å². The van der Waals surface area contributed by atoms with Crippen molar-refractivity contribution in [1.29, 1.82) is 0 Å². The van der Waals surface area contributed by atoms with Gasteiger partial charge < -0.3 is 16.0 Å². The van der Waals surface area contributed by atoms with Gasteiger partial charge >= 0.3 is 0 Å². The first-order chi connectivity index (χ1) is 12.1. The third-order valence-electron chi connectivity index (χ3n) is 3.88. The van der Waals surface area contributed by atoms with E-state index >= 15 is 0 Å². The largest absolute Gasteiger partial charge is 0.352 e. The van der Waals surface area contributed by atoms with Gasteiger partial charge in [-0.1, -0.05) is 42.5 Å². The van der Waals surface area contributed by atoms with Crippen molar-refractivity contribution in [2.45, 2.75) is 26.4 Å². The summed E-state index contributed by atoms with van der Waals surface area (Å²) in [6.45, 7) is 3.68. The Hall–Kier alpha value is -2.37. The molecule has 0 spiro atoms. The molecule has 0 saturated carbocycles. The van der Waals surface area contributed by atoms with Crippen molar-refractivity contribution >= 4 is 24.2 Å². The van der Waals surface area contributed by atoms with Gasteiger partial charge in [-0.25, -0.2) is 0 Å². The van der Waals surface area contributed by atoms with Gasteiger partial charge in [-0.2, -0.15) is 0 Å². The van der Waals surface area contributed by atoms with E-state index in [-0.39, 0.29) is 24.2 Å². The Morgan fingerprint density at radius 3 is 2.23 bits per heavy atom. The molecular weight excluding hydrogens is 350 g/mol. The SMILES string of the molecule is CC(=O)NCc1ccc(C(=O)N(CCCN)Cc2ccccc2)cc1.Cl. The predicted octanol–water partition coefficient (Wildman–Crippen LogP) is 2.74. The molecule has 2 rings (SSSR count). The van der Waals surface area contributed by atoms with Crippen LogP contribution in [0, 0.1) is 0 Å². The predicted molar refractivity (Wildman–Crippen MR) is 106 cm³/mol. The van der Waals surface area contributed by atoms with Crippen LogP contribution in [-0.2, 0) is 17.9 Å². The molecule has 140 valence electrons. The van der Waals surface area contributed by atoms with Crippen molar-refractivity contribution in [3.05, 3.63) is 71.3 Å². The molecule has 2 aromatic rings. The van der Waals surface area contributed by atoms with Crippen molar-refractivity contribution in [3.63, 3.8) is 0 Å². The van der Waals surface area contributed by atoms with Crippen molar-refractivity contribution in [3.8, 4) is 0 Å². The minimum absolute atomic E-state index is 0. The summed E-state index contributed by atoms with van der Waals surface area (Å²) in [5.74, 6) is -0.0839. The average molecular weight is 376 g/mol. The Morgan fingerprint density at radius 2 is 1.65 bits per heavy atom. The summed E-state index contributed by atoms with van der Waals surface area (Å²) in [6, 6.07) is 17.3. The molecule has 2 aromatic carbocycles. The van der Waals surface area contributed by atoms with E-state index in [9.17, 15) is 9.59 Å². The van der Waals surface area contributed by atoms with Crippen LogP contribution in [0.5, 0.6) is 0 Å². The van der Waals surface area contributed by atoms with Gasteiger partial charge in [0.05, 0.1) is 0 Å². The van der Waals surface area contributed by atoms with Crippen molar-refractivity contribution in [1.82, 2.24) is 10.2 Å². The topological polar surface area (TPSA) is 75.4 Å². The lowest BCUT2D eigenvalue weighted by molar-refractivity contribution is -0.119. The van der Waals surface area contributed by atoms with Crippen LogP contribution in [-0.4, -0.2) is 29.8 Å². The number of nitrogens with one attached hydrogen (secondary N) is 1. The molecule has 0 atom stereocenters. The highest BCUT2D eigenvalue weighted by molar-refractivity contribution is 5.94. The first-order valence-corrected chi connectivity index (χ1v) is 8.47. The van der Waals surface area contributed by atoms with Gasteiger partial charge in [-0.05, 0) is 36.2 Å². The zero-order valence-electron chi connectivity index (χ0n) is 15.0. The number of rotatable bonds is 8. The third kappa shape index (κ3) is 6.86. The number of hydrogen-bond acceptors (Lipinski definition) is 3. The first-order valence-electron chi connectivity index (χ1n) is 8.47. The number of halogens is 1. The molecule has 0 radical (unpaired) electrons. The summed E-state index contributed by atoms with van der Waals surface area (Å²) >= 11 is 0. The average Bonchev–Trinajstić information content (AvgIpc) is 2.64. The zero-order chi connectivity index (χ0) is 18.1. The van der Waals surface area contributed by atoms with Crippen molar-refractivity contribution in [2.75, 3.05) is 13.1 Å². The van der Waals surface area contributed by atoms with E-state index < -0.39 is 0 Å². The normalized spacial score (nSPS) is 9.92. The third-order valence-corrected chi connectivity index (χ3v) is 3.88. The van der Waals surface area contributed by atoms with E-state index in [2.05, 4.69) is 5.32 Å². The highest BCUT2D eigenvalue weighted by Crippen LogP contribution is 2.12. The molecule has 0 unspecified atom stereocenters. The number of hydrogen-bond donors (Lipinski definition) is 2. The van der Waals surface area contributed by atoms with Gasteiger partial charge in [-0.15, -0.1) is 12.4 Å². The highest BCUT2D eigenvalue weighted by atomic mass is 35.5. The number of carbonyl (C=O) groups is 2. The fourth-order valence-corrected chi connectivity index (χ4v) is 2.51. The van der Waals surface area contributed by atoms with Crippen LogP contribution in [0.25, 0.3) is 0 Å². The van der Waals surface area contributed by atoms with Crippen molar-refractivity contribution in [2.24, 2.45) is 5.73 Å². The van der Waals surface area contributed by atoms with Gasteiger partial charge in [0.15, 0.2) is 0 Å². The van der Waals surface area contributed by atoms with E-state index in [1.807, 2.05) is 47.4 Å². The van der Waals surface area contributed by atoms with Crippen LogP contribution in [0.2, 0.25) is 0 Å². The Kier molecular flexibility index (Phi) is 9.41. The maximum Gasteiger partial charge on any atom is 0.254 e. The Bertz CT molecular complexity index is 690. The van der Waals surface area contributed by atoms with E-state index in [0.717, 1.165) is 17.5 Å². The first kappa shape index (κ1) is 21.7. The summed E-state index contributed by atoms with van der Waals surface area (Å²) in [4.78, 5) is 25.6. The number of amides is 2. The fraction of sp³-hybridized carbons (Fsp3) is 0.300. The molecule has 5 nitrogen and oxygen atoms in total. The summed E-state index contributed by atoms with van der Waals surface area (Å²) < 4.78 is 0. The maximum absolute atomic E-state index is 12.8. The molecule has 0 fully saturated rings. The maximum atomic E-state index is 12.8. The monoisotopic (exact) mass is 375 g/mol. The molecule has 0 aliphatic heterocycles. The summed E-state index contributed by atoms with van der Waals surface area (Å²) in [5, 5.41) is 2.75. The van der Waals surface area contributed by atoms with Crippen LogP contribution in [0.4, 0.5) is 0 Å². The second kappa shape index (κ2) is 11.3. The minimum atomic E-state index is -0.0732. The molecule has 2 amide bonds. The van der Waals surface area contributed by atoms with Crippen molar-refractivity contribution < 1.29 is 9.59 Å². The van der Waals surface area contributed by atoms with E-state index in [4.69, 9.17) is 5.73 Å². The summed E-state index contributed by atoms with van der Waals surface area (Å²) in [6.07, 6.45) is 0.763. The minimum Gasteiger partial charge on any atom is -0.352 e. The Morgan fingerprint density at radius 1 is 1.00 bits per heavy atom. The van der Waals surface area contributed by atoms with Gasteiger partial charge in [0, 0.05) is 32.1 Å². The van der Waals surface area contributed by atoms with E-state index in [1.165, 1.54) is 6.92 Å². The smallest absolute Gasteiger partial charge is 0.254 e. The quantitative estimate of drug-likeness (QED) is 0.744. The van der Waals surface area contributed by atoms with E-state index in [0.29, 0.717) is 31.7 Å². The zero-order valence-corrected chi connectivity index (χ0v) is 15.8. The fourth-order valence-electron chi connectivity index (χ4n) is 2.51. The van der Waals surface area contributed by atoms with Crippen LogP contribution in [0.15, 0.2) is 54.6 Å². The second-order valence-electron chi connectivity index (χ2n) is 5.96. The number of carbonyl (C=O) groups excluding carboxylic acids is 2. The molecule has 0 aliphatic rings. The van der Waals surface area contributed by atoms with Crippen LogP contribution < -0.4 is 11.1 Å². The molecule has 0 saturated heterocycles. The van der Waals surface area contributed by atoms with Crippen LogP contribution in [0.3, 0.4) is 0 Å². The molecule has 26 heavy (non-hydrogen) atoms. The molecule has 0 aliphatic carbocycles. The van der Waals surface area contributed by atoms with Gasteiger partial charge in [0.25, 0.3) is 5.91 Å². The Labute approximate surface area is 161 Å². The number of nitrogens with two attached hydrogens (primary N) is 1. The molecule has 3 N–H and O–H groups in total. The van der Waals surface area contributed by atoms with Crippen LogP contribution >= 0.6 is 12.4 Å². The molecular formula is C20H26ClN3O2. The molecule has 6 heteroatoms. The van der Waals surface area contributed by atoms with Gasteiger partial charge in [0.2, 0.25) is 5.91 Å². The second-order valence-corrected chi connectivity index (χ2v) is 5.96. The van der Waals surface area contributed by atoms with E-state index in [1.54, 1.807) is 12.1 Å². The standard InChI is InChI=1S/C20H25N3O2.ClH/c1-16(24)22-14-17-8-10-19(11-9-17)20(25)23(13-5-12-21)15-18-6-3-2-4-7-18;/h2-4,6-11H,5,12-15,21H2,1H3,(H,22,24);1H. The lowest BCUT2D eigenvalue weighted by Crippen LogP contribution is -2.32. The van der Waals surface area contributed by atoms with Gasteiger partial charge in [-0.3, -0.25) is 9.59 Å². The highest BCUT2D eigenvalue weighted by Gasteiger charge is 2.15. The Balaban J connectivity index is 0.00000338. The van der Waals surface area contributed by atoms with Crippen LogP contribution in [0.1, 0.15) is 34.8 Å². The molecule has 0 heterocycles.